The summed E-state index contributed by atoms with van der Waals surface area (Å²) in [6.45, 7) is 0.282. The van der Waals surface area contributed by atoms with Crippen LogP contribution in [-0.4, -0.2) is 0 Å². The molecule has 1 aromatic carbocycles. The summed E-state index contributed by atoms with van der Waals surface area (Å²) in [6, 6.07) is 11.6. The largest absolute Gasteiger partial charge is 0.301 e. The van der Waals surface area contributed by atoms with E-state index in [9.17, 15) is 8.78 Å². The van der Waals surface area contributed by atoms with Crippen molar-refractivity contribution in [3.05, 3.63) is 80.2 Å². The van der Waals surface area contributed by atoms with Crippen molar-refractivity contribution in [3.63, 3.8) is 0 Å². The van der Waals surface area contributed by atoms with Crippen LogP contribution in [0.1, 0.15) is 21.4 Å². The molecule has 0 aliphatic rings. The highest BCUT2D eigenvalue weighted by atomic mass is 32.1. The third-order valence-electron chi connectivity index (χ3n) is 3.16. The van der Waals surface area contributed by atoms with Gasteiger partial charge in [0.1, 0.15) is 11.6 Å². The van der Waals surface area contributed by atoms with Gasteiger partial charge >= 0.3 is 0 Å². The normalized spacial score (nSPS) is 11.2. The minimum absolute atomic E-state index is 0.00710. The van der Waals surface area contributed by atoms with Gasteiger partial charge in [-0.2, -0.15) is 0 Å². The van der Waals surface area contributed by atoms with Crippen molar-refractivity contribution in [1.82, 2.24) is 5.32 Å². The Morgan fingerprint density at radius 2 is 1.62 bits per heavy atom. The summed E-state index contributed by atoms with van der Waals surface area (Å²) >= 11 is 3.30. The van der Waals surface area contributed by atoms with Gasteiger partial charge in [0.05, 0.1) is 6.04 Å². The number of thiophene rings is 2. The maximum absolute atomic E-state index is 13.7. The summed E-state index contributed by atoms with van der Waals surface area (Å²) in [4.78, 5) is 2.32. The lowest BCUT2D eigenvalue weighted by Crippen LogP contribution is -2.21. The molecule has 0 aliphatic heterocycles. The summed E-state index contributed by atoms with van der Waals surface area (Å²) in [5, 5.41) is 7.35. The van der Waals surface area contributed by atoms with E-state index in [1.54, 1.807) is 22.7 Å². The van der Waals surface area contributed by atoms with Crippen molar-refractivity contribution in [2.45, 2.75) is 12.6 Å². The molecule has 0 aliphatic carbocycles. The second-order valence-corrected chi connectivity index (χ2v) is 6.54. The molecular formula is C16H13F2NS2. The average Bonchev–Trinajstić information content (AvgIpc) is 3.16. The van der Waals surface area contributed by atoms with Crippen molar-refractivity contribution in [2.24, 2.45) is 0 Å². The Kier molecular flexibility index (Phi) is 4.43. The number of hydrogen-bond acceptors (Lipinski definition) is 3. The molecule has 3 rings (SSSR count). The Bertz CT molecular complexity index is 659. The Labute approximate surface area is 129 Å². The van der Waals surface area contributed by atoms with Gasteiger partial charge in [0, 0.05) is 21.9 Å². The first-order chi connectivity index (χ1) is 10.2. The lowest BCUT2D eigenvalue weighted by Gasteiger charge is -2.16. The molecule has 0 atom stereocenters. The molecule has 0 saturated carbocycles. The third-order valence-corrected chi connectivity index (χ3v) is 5.03. The van der Waals surface area contributed by atoms with Crippen molar-refractivity contribution in [1.29, 1.82) is 0 Å². The van der Waals surface area contributed by atoms with Crippen LogP contribution in [0.3, 0.4) is 0 Å². The predicted octanol–water partition coefficient (Wildman–Crippen LogP) is 4.97. The van der Waals surface area contributed by atoms with Crippen LogP contribution < -0.4 is 5.32 Å². The number of nitrogens with one attached hydrogen (secondary N) is 1. The fraction of sp³-hybridized carbons (Fsp3) is 0.125. The molecule has 0 saturated heterocycles. The van der Waals surface area contributed by atoms with Gasteiger partial charge in [0.15, 0.2) is 0 Å². The van der Waals surface area contributed by atoms with Crippen LogP contribution in [0.2, 0.25) is 0 Å². The molecule has 2 heterocycles. The van der Waals surface area contributed by atoms with Gasteiger partial charge in [-0.15, -0.1) is 22.7 Å². The monoisotopic (exact) mass is 321 g/mol. The van der Waals surface area contributed by atoms with Crippen LogP contribution in [0.5, 0.6) is 0 Å². The first-order valence-corrected chi connectivity index (χ1v) is 8.24. The Hall–Kier alpha value is -1.56. The highest BCUT2D eigenvalue weighted by Gasteiger charge is 2.16. The van der Waals surface area contributed by atoms with Crippen molar-refractivity contribution < 1.29 is 8.78 Å². The maximum atomic E-state index is 13.7. The van der Waals surface area contributed by atoms with Gasteiger partial charge in [-0.1, -0.05) is 12.1 Å². The van der Waals surface area contributed by atoms with E-state index >= 15 is 0 Å². The molecule has 1 N–H and O–H groups in total. The second-order valence-electron chi connectivity index (χ2n) is 4.58. The molecule has 0 unspecified atom stereocenters. The van der Waals surface area contributed by atoms with E-state index < -0.39 is 5.82 Å². The van der Waals surface area contributed by atoms with Gasteiger partial charge < -0.3 is 5.32 Å². The van der Waals surface area contributed by atoms with Gasteiger partial charge in [-0.25, -0.2) is 8.78 Å². The molecule has 0 fully saturated rings. The molecule has 108 valence electrons. The topological polar surface area (TPSA) is 12.0 Å². The van der Waals surface area contributed by atoms with E-state index in [0.29, 0.717) is 5.56 Å². The smallest absolute Gasteiger partial charge is 0.127 e. The first kappa shape index (κ1) is 14.4. The zero-order valence-corrected chi connectivity index (χ0v) is 12.7. The summed E-state index contributed by atoms with van der Waals surface area (Å²) in [7, 11) is 0. The van der Waals surface area contributed by atoms with Crippen LogP contribution in [0, 0.1) is 11.6 Å². The average molecular weight is 321 g/mol. The molecule has 5 heteroatoms. The van der Waals surface area contributed by atoms with Gasteiger partial charge in [-0.05, 0) is 41.1 Å². The molecule has 0 spiro atoms. The van der Waals surface area contributed by atoms with Gasteiger partial charge in [-0.3, -0.25) is 0 Å². The molecule has 0 amide bonds. The summed E-state index contributed by atoms with van der Waals surface area (Å²) in [5.41, 5.74) is 0.341. The Balaban J connectivity index is 1.81. The van der Waals surface area contributed by atoms with Crippen molar-refractivity contribution >= 4 is 22.7 Å². The van der Waals surface area contributed by atoms with Crippen LogP contribution >= 0.6 is 22.7 Å². The number of hydrogen-bond donors (Lipinski definition) is 1. The number of halogens is 2. The standard InChI is InChI=1S/C16H13F2NS2/c17-12-5-6-13(18)11(9-12)10-19-16(14-3-1-7-20-14)15-4-2-8-21-15/h1-9,16,19H,10H2. The van der Waals surface area contributed by atoms with Crippen LogP contribution in [-0.2, 0) is 6.54 Å². The highest BCUT2D eigenvalue weighted by molar-refractivity contribution is 7.11. The predicted molar refractivity (Wildman–Crippen MR) is 83.7 cm³/mol. The Morgan fingerprint density at radius 1 is 0.952 bits per heavy atom. The van der Waals surface area contributed by atoms with Gasteiger partial charge in [0.25, 0.3) is 0 Å². The molecule has 3 aromatic rings. The lowest BCUT2D eigenvalue weighted by atomic mass is 10.1. The van der Waals surface area contributed by atoms with E-state index in [-0.39, 0.29) is 18.4 Å². The SMILES string of the molecule is Fc1ccc(F)c(CNC(c2cccs2)c2cccs2)c1. The molecule has 0 bridgehead atoms. The zero-order chi connectivity index (χ0) is 14.7. The summed E-state index contributed by atoms with van der Waals surface area (Å²) in [5.74, 6) is -0.808. The van der Waals surface area contributed by atoms with Crippen LogP contribution in [0.25, 0.3) is 0 Å². The number of rotatable bonds is 5. The highest BCUT2D eigenvalue weighted by Crippen LogP contribution is 2.29. The molecular weight excluding hydrogens is 308 g/mol. The van der Waals surface area contributed by atoms with Gasteiger partial charge in [0.2, 0.25) is 0 Å². The van der Waals surface area contributed by atoms with Crippen LogP contribution in [0.15, 0.2) is 53.2 Å². The van der Waals surface area contributed by atoms with Crippen molar-refractivity contribution in [3.8, 4) is 0 Å². The van der Waals surface area contributed by atoms with E-state index in [0.717, 1.165) is 21.9 Å². The second kappa shape index (κ2) is 6.47. The van der Waals surface area contributed by atoms with E-state index in [1.807, 2.05) is 35.0 Å². The molecule has 0 radical (unpaired) electrons. The zero-order valence-electron chi connectivity index (χ0n) is 11.1. The van der Waals surface area contributed by atoms with E-state index in [4.69, 9.17) is 0 Å². The van der Waals surface area contributed by atoms with Crippen LogP contribution in [0.4, 0.5) is 8.78 Å². The molecule has 21 heavy (non-hydrogen) atoms. The Morgan fingerprint density at radius 3 is 2.19 bits per heavy atom. The molecule has 1 nitrogen and oxygen atoms in total. The lowest BCUT2D eigenvalue weighted by molar-refractivity contribution is 0.554. The third kappa shape index (κ3) is 3.37. The van der Waals surface area contributed by atoms with E-state index in [2.05, 4.69) is 5.32 Å². The fourth-order valence-corrected chi connectivity index (χ4v) is 3.85. The fourth-order valence-electron chi connectivity index (χ4n) is 2.14. The minimum atomic E-state index is -0.419. The van der Waals surface area contributed by atoms with E-state index in [1.165, 1.54) is 6.07 Å². The minimum Gasteiger partial charge on any atom is -0.301 e. The number of benzene rings is 1. The van der Waals surface area contributed by atoms with Crippen molar-refractivity contribution in [2.75, 3.05) is 0 Å². The summed E-state index contributed by atoms with van der Waals surface area (Å²) < 4.78 is 26.9. The maximum Gasteiger partial charge on any atom is 0.127 e. The summed E-state index contributed by atoms with van der Waals surface area (Å²) in [6.07, 6.45) is 0. The molecule has 2 aromatic heterocycles. The first-order valence-electron chi connectivity index (χ1n) is 6.48. The quantitative estimate of drug-likeness (QED) is 0.700.